The van der Waals surface area contributed by atoms with Crippen molar-refractivity contribution in [2.75, 3.05) is 25.2 Å². The average molecular weight is 363 g/mol. The summed E-state index contributed by atoms with van der Waals surface area (Å²) in [6.45, 7) is 2.04. The SMILES string of the molecule is CCn1ncc(C(=O)NC)c1NC(=O)CCNS(C)(=O)=O.O=CO. The molecule has 136 valence electrons. The summed E-state index contributed by atoms with van der Waals surface area (Å²) in [5, 5.41) is 15.9. The lowest BCUT2D eigenvalue weighted by atomic mass is 10.3. The molecule has 0 saturated heterocycles. The highest BCUT2D eigenvalue weighted by Crippen LogP contribution is 2.15. The number of anilines is 1. The van der Waals surface area contributed by atoms with Gasteiger partial charge in [-0.1, -0.05) is 0 Å². The quantitative estimate of drug-likeness (QED) is 0.445. The summed E-state index contributed by atoms with van der Waals surface area (Å²) in [6, 6.07) is 0. The second kappa shape index (κ2) is 10.3. The highest BCUT2D eigenvalue weighted by Gasteiger charge is 2.18. The van der Waals surface area contributed by atoms with Crippen LogP contribution >= 0.6 is 0 Å². The van der Waals surface area contributed by atoms with Gasteiger partial charge in [0.2, 0.25) is 15.9 Å². The van der Waals surface area contributed by atoms with Gasteiger partial charge >= 0.3 is 0 Å². The number of aryl methyl sites for hydroxylation is 1. The first-order chi connectivity index (χ1) is 11.2. The Kier molecular flexibility index (Phi) is 9.27. The minimum atomic E-state index is -3.33. The molecule has 1 aromatic heterocycles. The number of hydrogen-bond acceptors (Lipinski definition) is 6. The van der Waals surface area contributed by atoms with Crippen molar-refractivity contribution in [2.24, 2.45) is 0 Å². The Balaban J connectivity index is 0.00000163. The molecule has 24 heavy (non-hydrogen) atoms. The summed E-state index contributed by atoms with van der Waals surface area (Å²) in [5.41, 5.74) is 0.253. The van der Waals surface area contributed by atoms with Gasteiger partial charge in [0.05, 0.1) is 12.5 Å². The van der Waals surface area contributed by atoms with Gasteiger partial charge in [-0.3, -0.25) is 14.4 Å². The molecule has 0 aliphatic carbocycles. The first-order valence-corrected chi connectivity index (χ1v) is 8.69. The van der Waals surface area contributed by atoms with E-state index in [1.165, 1.54) is 17.9 Å². The van der Waals surface area contributed by atoms with Crippen molar-refractivity contribution in [2.45, 2.75) is 19.9 Å². The highest BCUT2D eigenvalue weighted by atomic mass is 32.2. The maximum atomic E-state index is 11.8. The van der Waals surface area contributed by atoms with Crippen molar-refractivity contribution in [3.63, 3.8) is 0 Å². The largest absolute Gasteiger partial charge is 0.483 e. The Hall–Kier alpha value is -2.47. The van der Waals surface area contributed by atoms with Gasteiger partial charge in [-0.05, 0) is 6.92 Å². The van der Waals surface area contributed by atoms with Crippen LogP contribution in [0.25, 0.3) is 0 Å². The number of sulfonamides is 1. The number of hydrogen-bond donors (Lipinski definition) is 4. The Morgan fingerprint density at radius 1 is 1.42 bits per heavy atom. The van der Waals surface area contributed by atoms with E-state index in [0.717, 1.165) is 6.26 Å². The number of rotatable bonds is 7. The van der Waals surface area contributed by atoms with E-state index >= 15 is 0 Å². The van der Waals surface area contributed by atoms with E-state index in [2.05, 4.69) is 20.5 Å². The zero-order chi connectivity index (χ0) is 18.8. The van der Waals surface area contributed by atoms with Crippen molar-refractivity contribution >= 4 is 34.1 Å². The van der Waals surface area contributed by atoms with Crippen LogP contribution in [0.15, 0.2) is 6.20 Å². The third-order valence-electron chi connectivity index (χ3n) is 2.58. The van der Waals surface area contributed by atoms with Gasteiger partial charge in [0.15, 0.2) is 0 Å². The normalized spacial score (nSPS) is 10.3. The molecule has 0 aromatic carbocycles. The Morgan fingerprint density at radius 3 is 2.46 bits per heavy atom. The van der Waals surface area contributed by atoms with Crippen LogP contribution in [0.4, 0.5) is 5.82 Å². The molecule has 0 atom stereocenters. The van der Waals surface area contributed by atoms with Crippen LogP contribution in [0.1, 0.15) is 23.7 Å². The number of nitrogens with one attached hydrogen (secondary N) is 3. The molecule has 0 fully saturated rings. The van der Waals surface area contributed by atoms with Crippen molar-refractivity contribution in [1.82, 2.24) is 19.8 Å². The maximum absolute atomic E-state index is 11.8. The van der Waals surface area contributed by atoms with Gasteiger partial charge in [-0.25, -0.2) is 17.8 Å². The minimum Gasteiger partial charge on any atom is -0.483 e. The monoisotopic (exact) mass is 363 g/mol. The van der Waals surface area contributed by atoms with Crippen molar-refractivity contribution in [1.29, 1.82) is 0 Å². The summed E-state index contributed by atoms with van der Waals surface area (Å²) in [5.74, 6) is -0.480. The van der Waals surface area contributed by atoms with Crippen molar-refractivity contribution in [3.05, 3.63) is 11.8 Å². The predicted molar refractivity (Wildman–Crippen MR) is 86.1 cm³/mol. The Labute approximate surface area is 139 Å². The standard InChI is InChI=1S/C11H19N5O4S.CH2O2/c1-4-16-10(8(7-13-16)11(18)12-2)15-9(17)5-6-14-21(3,19)20;2-1-3/h7,14H,4-6H2,1-3H3,(H,12,18)(H,15,17);1H,(H,2,3). The van der Waals surface area contributed by atoms with E-state index in [4.69, 9.17) is 9.90 Å². The molecule has 0 radical (unpaired) electrons. The number of carbonyl (C=O) groups excluding carboxylic acids is 2. The highest BCUT2D eigenvalue weighted by molar-refractivity contribution is 7.88. The molecule has 2 amide bonds. The van der Waals surface area contributed by atoms with Gasteiger partial charge in [0.1, 0.15) is 11.4 Å². The molecule has 4 N–H and O–H groups in total. The van der Waals surface area contributed by atoms with E-state index < -0.39 is 15.9 Å². The van der Waals surface area contributed by atoms with E-state index in [-0.39, 0.29) is 30.9 Å². The van der Waals surface area contributed by atoms with E-state index in [0.29, 0.717) is 12.4 Å². The number of carbonyl (C=O) groups is 3. The lowest BCUT2D eigenvalue weighted by molar-refractivity contribution is -0.123. The molecule has 11 nitrogen and oxygen atoms in total. The molecule has 0 unspecified atom stereocenters. The maximum Gasteiger partial charge on any atom is 0.290 e. The van der Waals surface area contributed by atoms with Gasteiger partial charge < -0.3 is 15.7 Å². The van der Waals surface area contributed by atoms with Gasteiger partial charge in [-0.2, -0.15) is 5.10 Å². The molecule has 0 aliphatic rings. The number of amides is 2. The summed E-state index contributed by atoms with van der Waals surface area (Å²) < 4.78 is 25.5. The van der Waals surface area contributed by atoms with Crippen LogP contribution in [-0.2, 0) is 26.2 Å². The molecule has 0 bridgehead atoms. The third kappa shape index (κ3) is 7.69. The minimum absolute atomic E-state index is 0.0137. The fraction of sp³-hybridized carbons (Fsp3) is 0.500. The van der Waals surface area contributed by atoms with Crippen molar-refractivity contribution in [3.8, 4) is 0 Å². The van der Waals surface area contributed by atoms with Gasteiger partial charge in [0, 0.05) is 26.6 Å². The van der Waals surface area contributed by atoms with Gasteiger partial charge in [0.25, 0.3) is 12.4 Å². The smallest absolute Gasteiger partial charge is 0.290 e. The lowest BCUT2D eigenvalue weighted by Crippen LogP contribution is -2.28. The van der Waals surface area contributed by atoms with Crippen LogP contribution in [-0.4, -0.2) is 61.4 Å². The molecule has 0 spiro atoms. The van der Waals surface area contributed by atoms with Crippen LogP contribution in [0, 0.1) is 0 Å². The molecule has 12 heteroatoms. The second-order valence-corrected chi connectivity index (χ2v) is 6.20. The molecule has 1 aromatic rings. The van der Waals surface area contributed by atoms with Gasteiger partial charge in [-0.15, -0.1) is 0 Å². The molecular weight excluding hydrogens is 342 g/mol. The summed E-state index contributed by atoms with van der Waals surface area (Å²) in [6.07, 6.45) is 2.34. The molecule has 1 rings (SSSR count). The number of carboxylic acid groups (broad SMARTS) is 1. The fourth-order valence-electron chi connectivity index (χ4n) is 1.60. The van der Waals surface area contributed by atoms with Crippen LogP contribution in [0.2, 0.25) is 0 Å². The van der Waals surface area contributed by atoms with E-state index in [1.54, 1.807) is 0 Å². The van der Waals surface area contributed by atoms with Crippen LogP contribution in [0.5, 0.6) is 0 Å². The molecule has 0 aliphatic heterocycles. The number of aromatic nitrogens is 2. The topological polar surface area (TPSA) is 159 Å². The molecular formula is C12H21N5O6S. The summed E-state index contributed by atoms with van der Waals surface area (Å²) in [7, 11) is -1.85. The fourth-order valence-corrected chi connectivity index (χ4v) is 2.08. The van der Waals surface area contributed by atoms with Crippen LogP contribution in [0.3, 0.4) is 0 Å². The Bertz CT molecular complexity index is 669. The molecule has 1 heterocycles. The number of nitrogens with zero attached hydrogens (tertiary/aromatic N) is 2. The first-order valence-electron chi connectivity index (χ1n) is 6.80. The second-order valence-electron chi connectivity index (χ2n) is 4.37. The lowest BCUT2D eigenvalue weighted by Gasteiger charge is -2.09. The third-order valence-corrected chi connectivity index (χ3v) is 3.31. The summed E-state index contributed by atoms with van der Waals surface area (Å²) in [4.78, 5) is 31.9. The first kappa shape index (κ1) is 21.5. The zero-order valence-electron chi connectivity index (χ0n) is 13.6. The summed E-state index contributed by atoms with van der Waals surface area (Å²) >= 11 is 0. The Morgan fingerprint density at radius 2 is 2.00 bits per heavy atom. The van der Waals surface area contributed by atoms with E-state index in [9.17, 15) is 18.0 Å². The van der Waals surface area contributed by atoms with Crippen LogP contribution < -0.4 is 15.4 Å². The zero-order valence-corrected chi connectivity index (χ0v) is 14.4. The molecule has 0 saturated carbocycles. The average Bonchev–Trinajstić information content (AvgIpc) is 2.88. The predicted octanol–water partition coefficient (Wildman–Crippen LogP) is -1.16. The van der Waals surface area contributed by atoms with Crippen molar-refractivity contribution < 1.29 is 27.9 Å². The van der Waals surface area contributed by atoms with E-state index in [1.807, 2.05) is 6.92 Å².